The Morgan fingerprint density at radius 3 is 2.49 bits per heavy atom. The number of rotatable bonds is 6. The molecule has 0 bridgehead atoms. The molecule has 4 N–H and O–H groups in total. The first kappa shape index (κ1) is 22.1. The van der Waals surface area contributed by atoms with Crippen molar-refractivity contribution < 1.29 is 9.59 Å². The van der Waals surface area contributed by atoms with Gasteiger partial charge in [0, 0.05) is 28.9 Å². The number of carbonyl (C=O) groups excluding carboxylic acids is 2. The van der Waals surface area contributed by atoms with Gasteiger partial charge in [0.05, 0.1) is 11.6 Å². The number of aromatic amines is 1. The molecule has 1 atom stereocenters. The van der Waals surface area contributed by atoms with Gasteiger partial charge in [-0.05, 0) is 41.0 Å². The average molecular weight is 461 g/mol. The quantitative estimate of drug-likeness (QED) is 0.292. The number of amides is 2. The van der Waals surface area contributed by atoms with Gasteiger partial charge < -0.3 is 16.0 Å². The molecule has 172 valence electrons. The number of benzene rings is 3. The summed E-state index contributed by atoms with van der Waals surface area (Å²) in [5.41, 5.74) is 9.63. The molecular weight excluding hydrogens is 436 g/mol. The number of nitrogens with one attached hydrogen (secondary N) is 2. The molecule has 0 aliphatic heterocycles. The second kappa shape index (κ2) is 9.27. The fourth-order valence-electron chi connectivity index (χ4n) is 4.24. The van der Waals surface area contributed by atoms with Crippen LogP contribution in [0.2, 0.25) is 0 Å². The minimum Gasteiger partial charge on any atom is -0.366 e. The molecule has 1 unspecified atom stereocenters. The lowest BCUT2D eigenvalue weighted by molar-refractivity contribution is -0.117. The lowest BCUT2D eigenvalue weighted by atomic mass is 9.97. The molecule has 0 fully saturated rings. The molecule has 0 radical (unpaired) electrons. The van der Waals surface area contributed by atoms with Crippen molar-refractivity contribution in [3.05, 3.63) is 108 Å². The van der Waals surface area contributed by atoms with Gasteiger partial charge in [-0.1, -0.05) is 72.8 Å². The number of hydrogen-bond acceptors (Lipinski definition) is 3. The Morgan fingerprint density at radius 1 is 0.971 bits per heavy atom. The van der Waals surface area contributed by atoms with E-state index in [0.717, 1.165) is 16.3 Å². The third kappa shape index (κ3) is 4.42. The van der Waals surface area contributed by atoms with E-state index in [-0.39, 0.29) is 11.8 Å². The summed E-state index contributed by atoms with van der Waals surface area (Å²) in [5, 5.41) is 5.99. The van der Waals surface area contributed by atoms with Crippen LogP contribution in [0.25, 0.3) is 33.5 Å². The van der Waals surface area contributed by atoms with Crippen molar-refractivity contribution in [3.63, 3.8) is 0 Å². The SMILES string of the molecule is CC(C(=O)Nc1ccnc2[nH]cc(/C=C(/C(N)=O)c3ccccc3)c12)c1ccc2ccccc2c1. The fraction of sp³-hybridized carbons (Fsp3) is 0.0690. The summed E-state index contributed by atoms with van der Waals surface area (Å²) < 4.78 is 0. The van der Waals surface area contributed by atoms with Crippen molar-refractivity contribution in [1.82, 2.24) is 9.97 Å². The molecular formula is C29H24N4O2. The number of nitrogens with two attached hydrogens (primary N) is 1. The third-order valence-corrected chi connectivity index (χ3v) is 6.18. The second-order valence-electron chi connectivity index (χ2n) is 8.43. The van der Waals surface area contributed by atoms with Crippen LogP contribution in [0.4, 0.5) is 5.69 Å². The van der Waals surface area contributed by atoms with Crippen molar-refractivity contribution in [1.29, 1.82) is 0 Å². The van der Waals surface area contributed by atoms with Crippen LogP contribution in [0.3, 0.4) is 0 Å². The zero-order chi connectivity index (χ0) is 24.4. The third-order valence-electron chi connectivity index (χ3n) is 6.18. The van der Waals surface area contributed by atoms with E-state index in [1.54, 1.807) is 24.5 Å². The number of anilines is 1. The van der Waals surface area contributed by atoms with Crippen molar-refractivity contribution in [3.8, 4) is 0 Å². The number of hydrogen-bond donors (Lipinski definition) is 3. The van der Waals surface area contributed by atoms with Crippen LogP contribution in [0.5, 0.6) is 0 Å². The van der Waals surface area contributed by atoms with Gasteiger partial charge in [0.25, 0.3) is 0 Å². The van der Waals surface area contributed by atoms with E-state index in [1.807, 2.05) is 79.7 Å². The second-order valence-corrected chi connectivity index (χ2v) is 8.43. The van der Waals surface area contributed by atoms with Crippen molar-refractivity contribution in [2.45, 2.75) is 12.8 Å². The zero-order valence-electron chi connectivity index (χ0n) is 19.2. The summed E-state index contributed by atoms with van der Waals surface area (Å²) in [5.74, 6) is -1.04. The molecule has 0 aliphatic rings. The smallest absolute Gasteiger partial charge is 0.249 e. The van der Waals surface area contributed by atoms with E-state index in [2.05, 4.69) is 15.3 Å². The highest BCUT2D eigenvalue weighted by Gasteiger charge is 2.19. The minimum absolute atomic E-state index is 0.137. The Balaban J connectivity index is 1.49. The molecule has 6 heteroatoms. The number of H-pyrrole nitrogens is 1. The van der Waals surface area contributed by atoms with Gasteiger partial charge in [0.2, 0.25) is 11.8 Å². The van der Waals surface area contributed by atoms with Gasteiger partial charge in [0.1, 0.15) is 5.65 Å². The summed E-state index contributed by atoms with van der Waals surface area (Å²) in [6.07, 6.45) is 5.11. The van der Waals surface area contributed by atoms with Gasteiger partial charge in [0.15, 0.2) is 0 Å². The van der Waals surface area contributed by atoms with E-state index in [0.29, 0.717) is 33.4 Å². The Hall–Kier alpha value is -4.71. The van der Waals surface area contributed by atoms with E-state index in [4.69, 9.17) is 5.73 Å². The largest absolute Gasteiger partial charge is 0.366 e. The van der Waals surface area contributed by atoms with Crippen LogP contribution in [0.1, 0.15) is 29.5 Å². The molecule has 5 aromatic rings. The lowest BCUT2D eigenvalue weighted by Crippen LogP contribution is -2.19. The first-order valence-corrected chi connectivity index (χ1v) is 11.3. The monoisotopic (exact) mass is 460 g/mol. The lowest BCUT2D eigenvalue weighted by Gasteiger charge is -2.14. The summed E-state index contributed by atoms with van der Waals surface area (Å²) in [4.78, 5) is 33.0. The van der Waals surface area contributed by atoms with E-state index >= 15 is 0 Å². The molecule has 35 heavy (non-hydrogen) atoms. The Labute approximate surface area is 202 Å². The molecule has 2 heterocycles. The average Bonchev–Trinajstić information content (AvgIpc) is 3.30. The number of pyridine rings is 1. The number of carbonyl (C=O) groups is 2. The van der Waals surface area contributed by atoms with Gasteiger partial charge in [-0.2, -0.15) is 0 Å². The molecule has 0 saturated carbocycles. The molecule has 5 rings (SSSR count). The zero-order valence-corrected chi connectivity index (χ0v) is 19.2. The van der Waals surface area contributed by atoms with E-state index < -0.39 is 5.91 Å². The fourth-order valence-corrected chi connectivity index (χ4v) is 4.24. The first-order valence-electron chi connectivity index (χ1n) is 11.3. The van der Waals surface area contributed by atoms with Gasteiger partial charge in [-0.25, -0.2) is 4.98 Å². The molecule has 0 spiro atoms. The standard InChI is InChI=1S/C29H24N4O2/c1-18(21-12-11-19-7-5-6-10-22(19)15-21)29(35)33-25-13-14-31-28-26(25)23(17-32-28)16-24(27(30)34)20-8-3-2-4-9-20/h2-18H,1H3,(H2,30,34)(H2,31,32,33,35)/b24-16+. The first-order chi connectivity index (χ1) is 17.0. The Kier molecular flexibility index (Phi) is 5.85. The van der Waals surface area contributed by atoms with Gasteiger partial charge in [-0.15, -0.1) is 0 Å². The van der Waals surface area contributed by atoms with Crippen molar-refractivity contribution in [2.24, 2.45) is 5.73 Å². The summed E-state index contributed by atoms with van der Waals surface area (Å²) in [6, 6.07) is 25.1. The topological polar surface area (TPSA) is 101 Å². The Morgan fingerprint density at radius 2 is 1.71 bits per heavy atom. The van der Waals surface area contributed by atoms with Crippen molar-refractivity contribution in [2.75, 3.05) is 5.32 Å². The van der Waals surface area contributed by atoms with Crippen LogP contribution >= 0.6 is 0 Å². The number of fused-ring (bicyclic) bond motifs is 2. The highest BCUT2D eigenvalue weighted by atomic mass is 16.2. The minimum atomic E-state index is -0.537. The summed E-state index contributed by atoms with van der Waals surface area (Å²) >= 11 is 0. The molecule has 0 aliphatic carbocycles. The van der Waals surface area contributed by atoms with Gasteiger partial charge >= 0.3 is 0 Å². The van der Waals surface area contributed by atoms with Crippen molar-refractivity contribution >= 4 is 51.0 Å². The molecule has 0 saturated heterocycles. The van der Waals surface area contributed by atoms with E-state index in [1.165, 1.54) is 0 Å². The van der Waals surface area contributed by atoms with Gasteiger partial charge in [-0.3, -0.25) is 9.59 Å². The van der Waals surface area contributed by atoms with Crippen LogP contribution in [0.15, 0.2) is 91.3 Å². The molecule has 6 nitrogen and oxygen atoms in total. The Bertz CT molecular complexity index is 1580. The maximum absolute atomic E-state index is 13.2. The van der Waals surface area contributed by atoms with Crippen LogP contribution in [0, 0.1) is 0 Å². The normalized spacial score (nSPS) is 12.5. The molecule has 3 aromatic carbocycles. The highest BCUT2D eigenvalue weighted by Crippen LogP contribution is 2.30. The molecule has 2 aromatic heterocycles. The summed E-state index contributed by atoms with van der Waals surface area (Å²) in [7, 11) is 0. The highest BCUT2D eigenvalue weighted by molar-refractivity contribution is 6.24. The number of nitrogens with zero attached hydrogens (tertiary/aromatic N) is 1. The summed E-state index contributed by atoms with van der Waals surface area (Å²) in [6.45, 7) is 1.89. The maximum atomic E-state index is 13.2. The molecule has 2 amide bonds. The predicted molar refractivity (Wildman–Crippen MR) is 141 cm³/mol. The van der Waals surface area contributed by atoms with E-state index in [9.17, 15) is 9.59 Å². The number of primary amides is 1. The number of aromatic nitrogens is 2. The predicted octanol–water partition coefficient (Wildman–Crippen LogP) is 5.48. The maximum Gasteiger partial charge on any atom is 0.249 e. The van der Waals surface area contributed by atoms with Crippen LogP contribution in [-0.2, 0) is 9.59 Å². The van der Waals surface area contributed by atoms with Crippen LogP contribution in [-0.4, -0.2) is 21.8 Å². The van der Waals surface area contributed by atoms with Crippen LogP contribution < -0.4 is 11.1 Å².